The molecule has 0 spiro atoms. The Morgan fingerprint density at radius 3 is 2.50 bits per heavy atom. The minimum Gasteiger partial charge on any atom is -0.493 e. The number of hydrogen-bond acceptors (Lipinski definition) is 6. The molecular weight excluding hydrogens is 288 g/mol. The van der Waals surface area contributed by atoms with E-state index in [0.717, 1.165) is 0 Å². The van der Waals surface area contributed by atoms with Gasteiger partial charge in [-0.05, 0) is 37.3 Å². The van der Waals surface area contributed by atoms with Crippen molar-refractivity contribution >= 4 is 11.8 Å². The molecule has 1 heterocycles. The summed E-state index contributed by atoms with van der Waals surface area (Å²) in [4.78, 5) is 22.6. The highest BCUT2D eigenvalue weighted by Gasteiger charge is 2.13. The first kappa shape index (κ1) is 15.6. The average Bonchev–Trinajstić information content (AvgIpc) is 3.00. The number of esters is 1. The summed E-state index contributed by atoms with van der Waals surface area (Å²) >= 11 is 0. The fraction of sp³-hybridized carbons (Fsp3) is 0.250. The maximum Gasteiger partial charge on any atom is 0.373 e. The molecule has 0 radical (unpaired) electrons. The van der Waals surface area contributed by atoms with Crippen LogP contribution < -0.4 is 9.47 Å². The Hall–Kier alpha value is -2.76. The number of methoxy groups -OCH3 is 2. The Balaban J connectivity index is 2.09. The van der Waals surface area contributed by atoms with E-state index in [4.69, 9.17) is 13.9 Å². The van der Waals surface area contributed by atoms with E-state index in [2.05, 4.69) is 4.74 Å². The van der Waals surface area contributed by atoms with E-state index in [1.165, 1.54) is 27.2 Å². The normalized spacial score (nSPS) is 10.1. The van der Waals surface area contributed by atoms with E-state index >= 15 is 0 Å². The van der Waals surface area contributed by atoms with Gasteiger partial charge in [-0.15, -0.1) is 0 Å². The molecule has 22 heavy (non-hydrogen) atoms. The number of Topliss-reactive ketones (excluding diaryl/α,β-unsaturated/α-hetero) is 1. The SMILES string of the molecule is COC(=O)c1ccc(COc2ccc(C(C)=O)cc2OC)o1. The van der Waals surface area contributed by atoms with Crippen molar-refractivity contribution in [2.24, 2.45) is 0 Å². The number of hydrogen-bond donors (Lipinski definition) is 0. The lowest BCUT2D eigenvalue weighted by atomic mass is 10.1. The molecule has 0 aliphatic carbocycles. The molecule has 116 valence electrons. The van der Waals surface area contributed by atoms with Crippen LogP contribution in [-0.4, -0.2) is 26.0 Å². The molecule has 0 unspecified atom stereocenters. The quantitative estimate of drug-likeness (QED) is 0.603. The van der Waals surface area contributed by atoms with Gasteiger partial charge in [-0.2, -0.15) is 0 Å². The minimum absolute atomic E-state index is 0.0568. The Kier molecular flexibility index (Phi) is 4.83. The number of carbonyl (C=O) groups excluding carboxylic acids is 2. The summed E-state index contributed by atoms with van der Waals surface area (Å²) < 4.78 is 20.7. The number of benzene rings is 1. The van der Waals surface area contributed by atoms with Gasteiger partial charge in [0, 0.05) is 5.56 Å². The molecule has 0 bridgehead atoms. The molecule has 0 aliphatic heterocycles. The van der Waals surface area contributed by atoms with E-state index in [1.807, 2.05) is 0 Å². The zero-order valence-corrected chi connectivity index (χ0v) is 12.5. The van der Waals surface area contributed by atoms with Crippen molar-refractivity contribution in [2.45, 2.75) is 13.5 Å². The predicted molar refractivity (Wildman–Crippen MR) is 77.4 cm³/mol. The van der Waals surface area contributed by atoms with Crippen LogP contribution in [0.1, 0.15) is 33.6 Å². The zero-order chi connectivity index (χ0) is 16.1. The second-order valence-corrected chi connectivity index (χ2v) is 4.47. The van der Waals surface area contributed by atoms with Crippen LogP contribution in [0.4, 0.5) is 0 Å². The van der Waals surface area contributed by atoms with Crippen LogP contribution in [-0.2, 0) is 11.3 Å². The lowest BCUT2D eigenvalue weighted by molar-refractivity contribution is 0.0560. The zero-order valence-electron chi connectivity index (χ0n) is 12.5. The molecule has 2 rings (SSSR count). The third-order valence-electron chi connectivity index (χ3n) is 2.99. The summed E-state index contributed by atoms with van der Waals surface area (Å²) in [5.41, 5.74) is 0.537. The van der Waals surface area contributed by atoms with E-state index < -0.39 is 5.97 Å². The van der Waals surface area contributed by atoms with Gasteiger partial charge in [0.1, 0.15) is 12.4 Å². The van der Waals surface area contributed by atoms with Crippen molar-refractivity contribution in [2.75, 3.05) is 14.2 Å². The van der Waals surface area contributed by atoms with Gasteiger partial charge in [-0.1, -0.05) is 0 Å². The van der Waals surface area contributed by atoms with Crippen molar-refractivity contribution in [1.82, 2.24) is 0 Å². The minimum atomic E-state index is -0.547. The largest absolute Gasteiger partial charge is 0.493 e. The van der Waals surface area contributed by atoms with Gasteiger partial charge in [-0.25, -0.2) is 4.79 Å². The summed E-state index contributed by atoms with van der Waals surface area (Å²) in [5, 5.41) is 0. The first-order valence-electron chi connectivity index (χ1n) is 6.54. The summed E-state index contributed by atoms with van der Waals surface area (Å²) in [7, 11) is 2.77. The van der Waals surface area contributed by atoms with Crippen molar-refractivity contribution in [1.29, 1.82) is 0 Å². The van der Waals surface area contributed by atoms with E-state index in [1.54, 1.807) is 24.3 Å². The molecule has 6 heteroatoms. The van der Waals surface area contributed by atoms with Crippen molar-refractivity contribution in [3.63, 3.8) is 0 Å². The van der Waals surface area contributed by atoms with Gasteiger partial charge in [0.15, 0.2) is 17.3 Å². The molecule has 0 saturated heterocycles. The Morgan fingerprint density at radius 2 is 1.86 bits per heavy atom. The third-order valence-corrected chi connectivity index (χ3v) is 2.99. The third kappa shape index (κ3) is 3.46. The van der Waals surface area contributed by atoms with Gasteiger partial charge in [0.25, 0.3) is 0 Å². The summed E-state index contributed by atoms with van der Waals surface area (Å²) in [5.74, 6) is 0.905. The maximum absolute atomic E-state index is 11.3. The van der Waals surface area contributed by atoms with Gasteiger partial charge < -0.3 is 18.6 Å². The standard InChI is InChI=1S/C16H16O6/c1-10(17)11-4-6-13(15(8-11)19-2)21-9-12-5-7-14(22-12)16(18)20-3/h4-8H,9H2,1-3H3. The molecule has 0 N–H and O–H groups in total. The fourth-order valence-electron chi connectivity index (χ4n) is 1.82. The smallest absolute Gasteiger partial charge is 0.373 e. The summed E-state index contributed by atoms with van der Waals surface area (Å²) in [6, 6.07) is 8.06. The highest BCUT2D eigenvalue weighted by Crippen LogP contribution is 2.29. The van der Waals surface area contributed by atoms with E-state index in [-0.39, 0.29) is 18.2 Å². The molecule has 2 aromatic rings. The van der Waals surface area contributed by atoms with E-state index in [0.29, 0.717) is 22.8 Å². The Labute approximate surface area is 127 Å². The fourth-order valence-corrected chi connectivity index (χ4v) is 1.82. The van der Waals surface area contributed by atoms with Crippen LogP contribution in [0.2, 0.25) is 0 Å². The molecule has 0 atom stereocenters. The summed E-state index contributed by atoms with van der Waals surface area (Å²) in [6.07, 6.45) is 0. The molecule has 0 amide bonds. The number of rotatable bonds is 6. The topological polar surface area (TPSA) is 75.0 Å². The van der Waals surface area contributed by atoms with Crippen LogP contribution in [0, 0.1) is 0 Å². The first-order valence-corrected chi connectivity index (χ1v) is 6.54. The van der Waals surface area contributed by atoms with Crippen LogP contribution in [0.5, 0.6) is 11.5 Å². The van der Waals surface area contributed by atoms with Crippen molar-refractivity contribution in [3.8, 4) is 11.5 Å². The lowest BCUT2D eigenvalue weighted by Gasteiger charge is -2.10. The molecule has 1 aromatic carbocycles. The molecule has 0 saturated carbocycles. The number of ether oxygens (including phenoxy) is 3. The van der Waals surface area contributed by atoms with Gasteiger partial charge in [0.05, 0.1) is 14.2 Å². The number of ketones is 1. The molecular formula is C16H16O6. The number of furan rings is 1. The van der Waals surface area contributed by atoms with Gasteiger partial charge in [0.2, 0.25) is 5.76 Å². The van der Waals surface area contributed by atoms with Crippen molar-refractivity contribution < 1.29 is 28.2 Å². The van der Waals surface area contributed by atoms with Gasteiger partial charge in [-0.3, -0.25) is 4.79 Å². The Bertz CT molecular complexity index is 686. The predicted octanol–water partition coefficient (Wildman–Crippen LogP) is 2.86. The number of carbonyl (C=O) groups is 2. The first-order chi connectivity index (χ1) is 10.5. The highest BCUT2D eigenvalue weighted by atomic mass is 16.5. The molecule has 0 aliphatic rings. The van der Waals surface area contributed by atoms with E-state index in [9.17, 15) is 9.59 Å². The van der Waals surface area contributed by atoms with Crippen LogP contribution >= 0.6 is 0 Å². The van der Waals surface area contributed by atoms with Gasteiger partial charge >= 0.3 is 5.97 Å². The molecule has 6 nitrogen and oxygen atoms in total. The molecule has 0 fully saturated rings. The Morgan fingerprint density at radius 1 is 1.09 bits per heavy atom. The van der Waals surface area contributed by atoms with Crippen molar-refractivity contribution in [3.05, 3.63) is 47.4 Å². The average molecular weight is 304 g/mol. The van der Waals surface area contributed by atoms with Crippen LogP contribution in [0.3, 0.4) is 0 Å². The summed E-state index contributed by atoms with van der Waals surface area (Å²) in [6.45, 7) is 1.60. The second-order valence-electron chi connectivity index (χ2n) is 4.47. The molecule has 1 aromatic heterocycles. The monoisotopic (exact) mass is 304 g/mol. The van der Waals surface area contributed by atoms with Crippen LogP contribution in [0.15, 0.2) is 34.7 Å². The lowest BCUT2D eigenvalue weighted by Crippen LogP contribution is -2.00. The highest BCUT2D eigenvalue weighted by molar-refractivity contribution is 5.94. The second kappa shape index (κ2) is 6.80. The van der Waals surface area contributed by atoms with Crippen LogP contribution in [0.25, 0.3) is 0 Å². The maximum atomic E-state index is 11.3.